The zero-order valence-corrected chi connectivity index (χ0v) is 62.2. The van der Waals surface area contributed by atoms with Gasteiger partial charge in [-0.1, -0.05) is 38.1 Å². The van der Waals surface area contributed by atoms with E-state index in [1.54, 1.807) is 146 Å². The minimum absolute atomic E-state index is 0.0806. The first-order valence-corrected chi connectivity index (χ1v) is 39.9. The van der Waals surface area contributed by atoms with E-state index in [1.165, 1.54) is 133 Å². The second-order valence-corrected chi connectivity index (χ2v) is 33.2. The maximum absolute atomic E-state index is 13.5. The predicted octanol–water partition coefficient (Wildman–Crippen LogP) is 19.9. The summed E-state index contributed by atoms with van der Waals surface area (Å²) in [7, 11) is -15.3. The summed E-state index contributed by atoms with van der Waals surface area (Å²) in [6.45, 7) is 4.30. The van der Waals surface area contributed by atoms with Crippen LogP contribution in [0.2, 0.25) is 0 Å². The largest absolute Gasteiger partial charge is 0.457 e. The van der Waals surface area contributed by atoms with Crippen LogP contribution in [0.3, 0.4) is 0 Å². The molecule has 0 aliphatic rings. The Balaban J connectivity index is 0.000000202. The van der Waals surface area contributed by atoms with Crippen molar-refractivity contribution in [3.63, 3.8) is 0 Å². The maximum Gasteiger partial charge on any atom is 0.206 e. The average molecular weight is 1540 g/mol. The molecular formula is C87H70N4O15S4. The molecule has 0 spiro atoms. The summed E-state index contributed by atoms with van der Waals surface area (Å²) in [5.41, 5.74) is 27.3. The number of anilines is 4. The zero-order valence-electron chi connectivity index (χ0n) is 58.9. The smallest absolute Gasteiger partial charge is 0.206 e. The highest BCUT2D eigenvalue weighted by atomic mass is 32.2. The first kappa shape index (κ1) is 74.9. The molecule has 14 aromatic carbocycles. The summed E-state index contributed by atoms with van der Waals surface area (Å²) >= 11 is 0. The molecule has 14 rings (SSSR count). The number of nitrogens with two attached hydrogens (primary N) is 4. The van der Waals surface area contributed by atoms with Gasteiger partial charge in [0, 0.05) is 28.2 Å². The van der Waals surface area contributed by atoms with Crippen molar-refractivity contribution in [3.05, 3.63) is 351 Å². The van der Waals surface area contributed by atoms with Crippen LogP contribution in [0.1, 0.15) is 25.0 Å². The van der Waals surface area contributed by atoms with E-state index < -0.39 is 39.3 Å². The molecule has 0 heterocycles. The van der Waals surface area contributed by atoms with E-state index in [0.717, 1.165) is 16.9 Å². The fourth-order valence-electron chi connectivity index (χ4n) is 11.2. The van der Waals surface area contributed by atoms with Crippen LogP contribution in [0.25, 0.3) is 0 Å². The highest BCUT2D eigenvalue weighted by Crippen LogP contribution is 2.38. The summed E-state index contributed by atoms with van der Waals surface area (Å²) in [6.07, 6.45) is 0. The molecule has 23 heteroatoms. The number of nitrogen functional groups attached to an aromatic ring is 4. The Bertz CT molecular complexity index is 5840. The van der Waals surface area contributed by atoms with Crippen molar-refractivity contribution < 1.29 is 66.8 Å². The normalized spacial score (nSPS) is 11.6. The van der Waals surface area contributed by atoms with Gasteiger partial charge in [0.25, 0.3) is 0 Å². The highest BCUT2D eigenvalue weighted by molar-refractivity contribution is 7.92. The number of hydrogen-bond donors (Lipinski definition) is 4. The SMILES string of the molecule is CC(C)(c1ccc(Oc2ccc(N)cc2)cc1)c1ccc(Oc2ccc(S(=O)(=O)c3ccc(Oc4ccc(S(=O)(=O)c5ccc(Oc6ccc(N)cc6)cc5)cc4)cc3)cc2)cc1.Nc1ccc(Oc2ccc(S(=O)(=O)c3ccc(Oc4ccc(S(=O)(=O)c5ccc(Oc6ccc(N)cc6)cc5)cc4)cc3)cc2)cc1. The van der Waals surface area contributed by atoms with Crippen LogP contribution in [0.4, 0.5) is 22.7 Å². The molecule has 110 heavy (non-hydrogen) atoms. The van der Waals surface area contributed by atoms with Crippen molar-refractivity contribution in [2.45, 2.75) is 58.4 Å². The molecule has 0 unspecified atom stereocenters. The molecule has 19 nitrogen and oxygen atoms in total. The Morgan fingerprint density at radius 3 is 0.391 bits per heavy atom. The molecule has 0 aromatic heterocycles. The standard InChI is InChI=1S/C51H42N2O8S2.C36H28N2O7S2/c1-51(2,35-3-11-39(12-4-35)58-41-15-7-37(52)8-16-41)36-5-13-40(14-6-36)59-43-19-27-47(28-20-43)62(54,55)49-31-23-45(24-32-49)61-46-25-33-50(34-26-46)63(56,57)48-29-21-44(22-30-48)60-42-17-9-38(53)10-18-42;37-25-1-5-27(6-2-25)43-29-9-17-33(18-10-29)46(39,40)35-21-13-31(14-22-35)45-32-15-23-36(24-16-32)47(41,42)34-19-11-30(12-20-34)44-28-7-3-26(38)4-8-28/h3-34H,52-53H2,1-2H3;1-24H,37-38H2. The van der Waals surface area contributed by atoms with Crippen LogP contribution in [0.5, 0.6) is 80.5 Å². The van der Waals surface area contributed by atoms with Gasteiger partial charge in [-0.05, 0) is 327 Å². The van der Waals surface area contributed by atoms with Gasteiger partial charge in [0.1, 0.15) is 80.5 Å². The van der Waals surface area contributed by atoms with Gasteiger partial charge in [-0.25, -0.2) is 33.7 Å². The van der Waals surface area contributed by atoms with Gasteiger partial charge in [-0.15, -0.1) is 0 Å². The molecule has 0 atom stereocenters. The first-order chi connectivity index (χ1) is 52.8. The second-order valence-electron chi connectivity index (χ2n) is 25.4. The number of hydrogen-bond acceptors (Lipinski definition) is 19. The lowest BCUT2D eigenvalue weighted by atomic mass is 9.78. The van der Waals surface area contributed by atoms with E-state index in [-0.39, 0.29) is 44.6 Å². The van der Waals surface area contributed by atoms with Crippen molar-refractivity contribution in [3.8, 4) is 80.5 Å². The fraction of sp³-hybridized carbons (Fsp3) is 0.0345. The van der Waals surface area contributed by atoms with Gasteiger partial charge >= 0.3 is 0 Å². The van der Waals surface area contributed by atoms with Crippen molar-refractivity contribution in [2.75, 3.05) is 22.9 Å². The Labute approximate surface area is 637 Å². The molecule has 0 radical (unpaired) electrons. The number of sulfone groups is 4. The number of rotatable bonds is 24. The Morgan fingerprint density at radius 1 is 0.173 bits per heavy atom. The third-order valence-electron chi connectivity index (χ3n) is 17.4. The topological polar surface area (TPSA) is 305 Å². The lowest BCUT2D eigenvalue weighted by molar-refractivity contribution is 0.480. The van der Waals surface area contributed by atoms with Gasteiger partial charge in [0.05, 0.1) is 39.2 Å². The highest BCUT2D eigenvalue weighted by Gasteiger charge is 2.26. The third-order valence-corrected chi connectivity index (χ3v) is 24.5. The van der Waals surface area contributed by atoms with Crippen LogP contribution in [-0.4, -0.2) is 33.7 Å². The Hall–Kier alpha value is -13.3. The molecule has 0 aliphatic heterocycles. The van der Waals surface area contributed by atoms with E-state index in [4.69, 9.17) is 56.1 Å². The minimum Gasteiger partial charge on any atom is -0.457 e. The molecule has 552 valence electrons. The maximum atomic E-state index is 13.5. The van der Waals surface area contributed by atoms with Crippen molar-refractivity contribution >= 4 is 62.1 Å². The average Bonchev–Trinajstić information content (AvgIpc) is 0.815. The van der Waals surface area contributed by atoms with E-state index >= 15 is 0 Å². The lowest BCUT2D eigenvalue weighted by Gasteiger charge is -2.26. The summed E-state index contributed by atoms with van der Waals surface area (Å²) in [5, 5.41) is 0. The molecule has 14 aromatic rings. The number of benzene rings is 14. The van der Waals surface area contributed by atoms with Gasteiger partial charge in [0.15, 0.2) is 0 Å². The summed E-state index contributed by atoms with van der Waals surface area (Å²) in [6, 6.07) is 92.2. The monoisotopic (exact) mass is 1540 g/mol. The van der Waals surface area contributed by atoms with Crippen LogP contribution < -0.4 is 56.1 Å². The van der Waals surface area contributed by atoms with Crippen LogP contribution in [-0.2, 0) is 44.8 Å². The third kappa shape index (κ3) is 18.0. The van der Waals surface area contributed by atoms with Crippen LogP contribution in [0, 0.1) is 0 Å². The number of ether oxygens (including phenoxy) is 7. The Kier molecular flexibility index (Phi) is 21.8. The van der Waals surface area contributed by atoms with E-state index in [0.29, 0.717) is 97.5 Å². The molecule has 0 saturated carbocycles. The van der Waals surface area contributed by atoms with E-state index in [1.807, 2.05) is 48.5 Å². The predicted molar refractivity (Wildman–Crippen MR) is 422 cm³/mol. The van der Waals surface area contributed by atoms with Crippen LogP contribution >= 0.6 is 0 Å². The molecule has 0 bridgehead atoms. The van der Waals surface area contributed by atoms with Crippen molar-refractivity contribution in [1.29, 1.82) is 0 Å². The van der Waals surface area contributed by atoms with Crippen molar-refractivity contribution in [1.82, 2.24) is 0 Å². The van der Waals surface area contributed by atoms with Crippen LogP contribution in [0.15, 0.2) is 379 Å². The van der Waals surface area contributed by atoms with E-state index in [9.17, 15) is 33.7 Å². The molecular weight excluding hydrogens is 1470 g/mol. The summed E-state index contributed by atoms with van der Waals surface area (Å²) in [4.78, 5) is 0.758. The minimum atomic E-state index is -3.86. The van der Waals surface area contributed by atoms with Gasteiger partial charge in [-0.2, -0.15) is 0 Å². The Morgan fingerprint density at radius 2 is 0.273 bits per heavy atom. The molecule has 0 fully saturated rings. The molecule has 0 saturated heterocycles. The van der Waals surface area contributed by atoms with Crippen molar-refractivity contribution in [2.24, 2.45) is 0 Å². The van der Waals surface area contributed by atoms with E-state index in [2.05, 4.69) is 26.0 Å². The molecule has 0 amide bonds. The van der Waals surface area contributed by atoms with Gasteiger partial charge in [0.2, 0.25) is 39.3 Å². The first-order valence-electron chi connectivity index (χ1n) is 34.0. The summed E-state index contributed by atoms with van der Waals surface area (Å²) < 4.78 is 148. The lowest BCUT2D eigenvalue weighted by Crippen LogP contribution is -2.18. The van der Waals surface area contributed by atoms with Gasteiger partial charge in [-0.3, -0.25) is 0 Å². The zero-order chi connectivity index (χ0) is 77.2. The molecule has 0 aliphatic carbocycles. The van der Waals surface area contributed by atoms with Gasteiger partial charge < -0.3 is 56.1 Å². The summed E-state index contributed by atoms with van der Waals surface area (Å²) in [5.74, 6) is 7.20. The molecule has 8 N–H and O–H groups in total. The fourth-order valence-corrected chi connectivity index (χ4v) is 16.2. The quantitative estimate of drug-likeness (QED) is 0.0409. The second kappa shape index (κ2) is 32.0.